The molecular weight excluding hydrogens is 216 g/mol. The molecule has 0 aromatic carbocycles. The van der Waals surface area contributed by atoms with Crippen molar-refractivity contribution in [3.05, 3.63) is 24.5 Å². The molecule has 1 aromatic rings. The number of rotatable bonds is 2. The van der Waals surface area contributed by atoms with E-state index < -0.39 is 0 Å². The van der Waals surface area contributed by atoms with E-state index >= 15 is 0 Å². The Morgan fingerprint density at radius 1 is 1.29 bits per heavy atom. The molecule has 88 valence electrons. The quantitative estimate of drug-likeness (QED) is 0.748. The molecule has 0 N–H and O–H groups in total. The van der Waals surface area contributed by atoms with Crippen LogP contribution in [-0.2, 0) is 4.79 Å². The van der Waals surface area contributed by atoms with Gasteiger partial charge in [-0.15, -0.1) is 0 Å². The smallest absolute Gasteiger partial charge is 0.236 e. The standard InChI is InChI=1S/C12H14N4O/c13-4-1-12(17)16-9-7-15(8-10-16)11-2-5-14-6-3-11/h2-3,5-6H,1,7-10H2. The van der Waals surface area contributed by atoms with E-state index in [0.29, 0.717) is 13.1 Å². The second-order valence-electron chi connectivity index (χ2n) is 3.91. The molecule has 2 heterocycles. The fourth-order valence-corrected chi connectivity index (χ4v) is 1.95. The van der Waals surface area contributed by atoms with Crippen molar-refractivity contribution in [1.82, 2.24) is 9.88 Å². The Kier molecular flexibility index (Phi) is 3.55. The van der Waals surface area contributed by atoms with Crippen molar-refractivity contribution in [3.63, 3.8) is 0 Å². The molecule has 1 aliphatic heterocycles. The van der Waals surface area contributed by atoms with Gasteiger partial charge in [-0.25, -0.2) is 0 Å². The van der Waals surface area contributed by atoms with Crippen molar-refractivity contribution in [2.75, 3.05) is 31.1 Å². The van der Waals surface area contributed by atoms with Crippen LogP contribution in [-0.4, -0.2) is 42.0 Å². The average molecular weight is 230 g/mol. The van der Waals surface area contributed by atoms with E-state index in [9.17, 15) is 4.79 Å². The first-order valence-electron chi connectivity index (χ1n) is 5.61. The Morgan fingerprint density at radius 3 is 2.53 bits per heavy atom. The average Bonchev–Trinajstić information content (AvgIpc) is 2.40. The Morgan fingerprint density at radius 2 is 1.94 bits per heavy atom. The zero-order valence-corrected chi connectivity index (χ0v) is 9.54. The van der Waals surface area contributed by atoms with Gasteiger partial charge in [0.1, 0.15) is 6.42 Å². The van der Waals surface area contributed by atoms with Crippen LogP contribution in [0.25, 0.3) is 0 Å². The predicted molar refractivity (Wildman–Crippen MR) is 63.3 cm³/mol. The third-order valence-electron chi connectivity index (χ3n) is 2.89. The van der Waals surface area contributed by atoms with E-state index in [1.807, 2.05) is 18.2 Å². The van der Waals surface area contributed by atoms with Crippen LogP contribution in [0.1, 0.15) is 6.42 Å². The minimum absolute atomic E-state index is 0.0186. The van der Waals surface area contributed by atoms with Crippen molar-refractivity contribution in [3.8, 4) is 6.07 Å². The summed E-state index contributed by atoms with van der Waals surface area (Å²) in [5.74, 6) is -0.0677. The number of nitriles is 1. The monoisotopic (exact) mass is 230 g/mol. The van der Waals surface area contributed by atoms with Gasteiger partial charge in [0.25, 0.3) is 0 Å². The summed E-state index contributed by atoms with van der Waals surface area (Å²) in [5, 5.41) is 8.48. The molecule has 5 nitrogen and oxygen atoms in total. The van der Waals surface area contributed by atoms with E-state index in [1.165, 1.54) is 0 Å². The minimum atomic E-state index is -0.0677. The first kappa shape index (κ1) is 11.4. The molecule has 1 amide bonds. The maximum absolute atomic E-state index is 11.5. The van der Waals surface area contributed by atoms with Crippen LogP contribution < -0.4 is 4.90 Å². The lowest BCUT2D eigenvalue weighted by atomic mass is 10.2. The summed E-state index contributed by atoms with van der Waals surface area (Å²) < 4.78 is 0. The third-order valence-corrected chi connectivity index (χ3v) is 2.89. The van der Waals surface area contributed by atoms with Crippen LogP contribution >= 0.6 is 0 Å². The Hall–Kier alpha value is -2.09. The zero-order valence-electron chi connectivity index (χ0n) is 9.54. The summed E-state index contributed by atoms with van der Waals surface area (Å²) in [4.78, 5) is 19.5. The summed E-state index contributed by atoms with van der Waals surface area (Å²) in [6.45, 7) is 2.98. The van der Waals surface area contributed by atoms with Crippen molar-refractivity contribution in [2.24, 2.45) is 0 Å². The van der Waals surface area contributed by atoms with Crippen LogP contribution in [0.15, 0.2) is 24.5 Å². The van der Waals surface area contributed by atoms with Gasteiger partial charge >= 0.3 is 0 Å². The highest BCUT2D eigenvalue weighted by atomic mass is 16.2. The number of piperazine rings is 1. The van der Waals surface area contributed by atoms with E-state index in [4.69, 9.17) is 5.26 Å². The van der Waals surface area contributed by atoms with Crippen LogP contribution in [0.2, 0.25) is 0 Å². The normalized spacial score (nSPS) is 15.5. The number of aromatic nitrogens is 1. The molecule has 2 rings (SSSR count). The SMILES string of the molecule is N#CCC(=O)N1CCN(c2ccncc2)CC1. The van der Waals surface area contributed by atoms with Gasteiger partial charge in [0, 0.05) is 44.3 Å². The van der Waals surface area contributed by atoms with Crippen LogP contribution in [0, 0.1) is 11.3 Å². The molecular formula is C12H14N4O. The number of nitrogens with zero attached hydrogens (tertiary/aromatic N) is 4. The van der Waals surface area contributed by atoms with Gasteiger partial charge in [-0.05, 0) is 12.1 Å². The second kappa shape index (κ2) is 5.30. The molecule has 5 heteroatoms. The first-order chi connectivity index (χ1) is 8.31. The molecule has 1 aromatic heterocycles. The number of carbonyl (C=O) groups is 1. The number of pyridine rings is 1. The number of amides is 1. The minimum Gasteiger partial charge on any atom is -0.368 e. The number of hydrogen-bond acceptors (Lipinski definition) is 4. The first-order valence-corrected chi connectivity index (χ1v) is 5.61. The molecule has 1 aliphatic rings. The van der Waals surface area contributed by atoms with Crippen molar-refractivity contribution in [2.45, 2.75) is 6.42 Å². The molecule has 0 unspecified atom stereocenters. The van der Waals surface area contributed by atoms with E-state index in [1.54, 1.807) is 17.3 Å². The summed E-state index contributed by atoms with van der Waals surface area (Å²) in [5.41, 5.74) is 1.13. The Bertz CT molecular complexity index is 418. The van der Waals surface area contributed by atoms with Crippen molar-refractivity contribution >= 4 is 11.6 Å². The highest BCUT2D eigenvalue weighted by Crippen LogP contribution is 2.14. The molecule has 1 saturated heterocycles. The highest BCUT2D eigenvalue weighted by Gasteiger charge is 2.20. The van der Waals surface area contributed by atoms with Gasteiger partial charge in [0.15, 0.2) is 0 Å². The molecule has 17 heavy (non-hydrogen) atoms. The van der Waals surface area contributed by atoms with Crippen LogP contribution in [0.3, 0.4) is 0 Å². The highest BCUT2D eigenvalue weighted by molar-refractivity contribution is 5.78. The number of hydrogen-bond donors (Lipinski definition) is 0. The lowest BCUT2D eigenvalue weighted by Crippen LogP contribution is -2.48. The maximum Gasteiger partial charge on any atom is 0.236 e. The zero-order chi connectivity index (χ0) is 12.1. The Labute approximate surface area is 100 Å². The molecule has 0 spiro atoms. The van der Waals surface area contributed by atoms with Crippen molar-refractivity contribution in [1.29, 1.82) is 5.26 Å². The summed E-state index contributed by atoms with van der Waals surface area (Å²) >= 11 is 0. The molecule has 0 bridgehead atoms. The van der Waals surface area contributed by atoms with Gasteiger partial charge in [0.05, 0.1) is 6.07 Å². The molecule has 0 saturated carbocycles. The molecule has 0 aliphatic carbocycles. The number of carbonyl (C=O) groups excluding carboxylic acids is 1. The lowest BCUT2D eigenvalue weighted by molar-refractivity contribution is -0.130. The fraction of sp³-hybridized carbons (Fsp3) is 0.417. The largest absolute Gasteiger partial charge is 0.368 e. The van der Waals surface area contributed by atoms with Gasteiger partial charge in [0.2, 0.25) is 5.91 Å². The van der Waals surface area contributed by atoms with Gasteiger partial charge in [-0.1, -0.05) is 0 Å². The van der Waals surface area contributed by atoms with Gasteiger partial charge < -0.3 is 9.80 Å². The topological polar surface area (TPSA) is 60.2 Å². The summed E-state index contributed by atoms with van der Waals surface area (Å²) in [7, 11) is 0. The fourth-order valence-electron chi connectivity index (χ4n) is 1.95. The maximum atomic E-state index is 11.5. The summed E-state index contributed by atoms with van der Waals surface area (Å²) in [6.07, 6.45) is 3.51. The third kappa shape index (κ3) is 2.72. The molecule has 0 atom stereocenters. The Balaban J connectivity index is 1.91. The van der Waals surface area contributed by atoms with Gasteiger partial charge in [-0.2, -0.15) is 5.26 Å². The van der Waals surface area contributed by atoms with Crippen molar-refractivity contribution < 1.29 is 4.79 Å². The predicted octanol–water partition coefficient (Wildman–Crippen LogP) is 0.644. The second-order valence-corrected chi connectivity index (χ2v) is 3.91. The van der Waals surface area contributed by atoms with Crippen LogP contribution in [0.5, 0.6) is 0 Å². The summed E-state index contributed by atoms with van der Waals surface area (Å²) in [6, 6.07) is 5.82. The lowest BCUT2D eigenvalue weighted by Gasteiger charge is -2.35. The van der Waals surface area contributed by atoms with E-state index in [0.717, 1.165) is 18.8 Å². The van der Waals surface area contributed by atoms with Gasteiger partial charge in [-0.3, -0.25) is 9.78 Å². The van der Waals surface area contributed by atoms with E-state index in [2.05, 4.69) is 9.88 Å². The molecule has 1 fully saturated rings. The van der Waals surface area contributed by atoms with Crippen LogP contribution in [0.4, 0.5) is 5.69 Å². The number of anilines is 1. The molecule has 0 radical (unpaired) electrons. The van der Waals surface area contributed by atoms with E-state index in [-0.39, 0.29) is 12.3 Å².